The molecule has 0 atom stereocenters. The van der Waals surface area contributed by atoms with Crippen molar-refractivity contribution in [2.75, 3.05) is 4.72 Å². The first-order valence-corrected chi connectivity index (χ1v) is 8.44. The monoisotopic (exact) mass is 358 g/mol. The van der Waals surface area contributed by atoms with Gasteiger partial charge in [-0.1, -0.05) is 0 Å². The molecule has 0 spiro atoms. The van der Waals surface area contributed by atoms with Crippen LogP contribution in [-0.2, 0) is 10.0 Å². The molecule has 0 fully saturated rings. The molecule has 0 saturated carbocycles. The number of halogens is 1. The van der Waals surface area contributed by atoms with Crippen molar-refractivity contribution in [3.05, 3.63) is 42.3 Å². The zero-order chi connectivity index (χ0) is 14.2. The number of benzene rings is 1. The predicted octanol–water partition coefficient (Wildman–Crippen LogP) is 2.37. The van der Waals surface area contributed by atoms with Gasteiger partial charge in [-0.05, 0) is 0 Å². The van der Waals surface area contributed by atoms with Crippen molar-refractivity contribution in [1.29, 1.82) is 0 Å². The number of sulfonamides is 1. The second kappa shape index (κ2) is 4.93. The number of aromatic nitrogens is 1. The van der Waals surface area contributed by atoms with Crippen LogP contribution in [0.5, 0.6) is 0 Å². The van der Waals surface area contributed by atoms with Gasteiger partial charge < -0.3 is 0 Å². The quantitative estimate of drug-likeness (QED) is 0.731. The van der Waals surface area contributed by atoms with E-state index in [0.717, 1.165) is 6.07 Å². The first kappa shape index (κ1) is 13.2. The molecule has 0 bridgehead atoms. The van der Waals surface area contributed by atoms with Gasteiger partial charge in [-0.25, -0.2) is 0 Å². The van der Waals surface area contributed by atoms with Crippen LogP contribution in [0.2, 0.25) is 0 Å². The number of fused-ring (bicyclic) bond motifs is 1. The molecule has 20 heavy (non-hydrogen) atoms. The summed E-state index contributed by atoms with van der Waals surface area (Å²) in [5.41, 5.74) is 1.38. The summed E-state index contributed by atoms with van der Waals surface area (Å²) in [6.45, 7) is 0. The Morgan fingerprint density at radius 3 is 2.80 bits per heavy atom. The third kappa shape index (κ3) is 2.31. The van der Waals surface area contributed by atoms with Gasteiger partial charge in [0.25, 0.3) is 0 Å². The first-order chi connectivity index (χ1) is 9.58. The molecular weight excluding hydrogens is 350 g/mol. The van der Waals surface area contributed by atoms with E-state index < -0.39 is 20.9 Å². The van der Waals surface area contributed by atoms with Crippen LogP contribution in [0, 0.1) is 5.82 Å². The maximum absolute atomic E-state index is 13.5. The van der Waals surface area contributed by atoms with Gasteiger partial charge in [0.2, 0.25) is 0 Å². The Balaban J connectivity index is 2.02. The summed E-state index contributed by atoms with van der Waals surface area (Å²) in [5.74, 6) is -0.904. The third-order valence-electron chi connectivity index (χ3n) is 2.51. The van der Waals surface area contributed by atoms with Crippen molar-refractivity contribution in [2.24, 2.45) is 7.92 Å². The molecule has 9 heteroatoms. The Kier molecular flexibility index (Phi) is 3.25. The van der Waals surface area contributed by atoms with Gasteiger partial charge in [-0.15, -0.1) is 0 Å². The van der Waals surface area contributed by atoms with Crippen molar-refractivity contribution < 1.29 is 12.8 Å². The van der Waals surface area contributed by atoms with Gasteiger partial charge in [0.05, 0.1) is 0 Å². The number of nitrogens with zero attached hydrogens (tertiary/aromatic N) is 3. The summed E-state index contributed by atoms with van der Waals surface area (Å²) < 4.78 is 48.4. The molecule has 0 aliphatic carbocycles. The fourth-order valence-corrected chi connectivity index (χ4v) is 3.88. The summed E-state index contributed by atoms with van der Waals surface area (Å²) in [4.78, 5) is 3.56. The van der Waals surface area contributed by atoms with Crippen LogP contribution < -0.4 is 4.72 Å². The Morgan fingerprint density at radius 1 is 1.15 bits per heavy atom. The van der Waals surface area contributed by atoms with Gasteiger partial charge in [-0.3, -0.25) is 0 Å². The van der Waals surface area contributed by atoms with E-state index in [9.17, 15) is 12.8 Å². The van der Waals surface area contributed by atoms with Crippen LogP contribution in [0.3, 0.4) is 0 Å². The second-order valence-corrected chi connectivity index (χ2v) is 6.54. The minimum absolute atomic E-state index is 0.274. The summed E-state index contributed by atoms with van der Waals surface area (Å²) in [6.07, 6.45) is 1.22. The topological polar surface area (TPSA) is 83.8 Å². The molecule has 1 aromatic carbocycles. The standard InChI is InChI=1S/C11H7FN4O2SSe/c12-7-3-2-6-13-11(7)19(17,18)14-8-4-1-5-9-10(8)16-20-15-9/h1-6,14H. The molecule has 102 valence electrons. The first-order valence-electron chi connectivity index (χ1n) is 5.42. The van der Waals surface area contributed by atoms with E-state index in [1.165, 1.54) is 12.3 Å². The number of hydrogen-bond donors (Lipinski definition) is 1. The van der Waals surface area contributed by atoms with E-state index in [4.69, 9.17) is 0 Å². The molecule has 6 nitrogen and oxygen atoms in total. The van der Waals surface area contributed by atoms with Crippen LogP contribution >= 0.6 is 0 Å². The van der Waals surface area contributed by atoms with Gasteiger partial charge in [0, 0.05) is 0 Å². The molecule has 2 aromatic rings. The molecule has 0 radical (unpaired) electrons. The van der Waals surface area contributed by atoms with Crippen molar-refractivity contribution in [1.82, 2.24) is 4.98 Å². The number of hydrogen-bond acceptors (Lipinski definition) is 5. The van der Waals surface area contributed by atoms with E-state index in [0.29, 0.717) is 11.4 Å². The van der Waals surface area contributed by atoms with E-state index in [2.05, 4.69) is 17.6 Å². The van der Waals surface area contributed by atoms with Gasteiger partial charge >= 0.3 is 119 Å². The average molecular weight is 357 g/mol. The van der Waals surface area contributed by atoms with Crippen LogP contribution in [0.25, 0.3) is 0 Å². The number of anilines is 1. The van der Waals surface area contributed by atoms with Crippen molar-refractivity contribution in [3.63, 3.8) is 0 Å². The van der Waals surface area contributed by atoms with Crippen LogP contribution in [-0.4, -0.2) is 28.0 Å². The molecule has 2 heterocycles. The predicted molar refractivity (Wildman–Crippen MR) is 71.4 cm³/mol. The van der Waals surface area contributed by atoms with Crippen molar-refractivity contribution in [3.8, 4) is 0 Å². The molecule has 1 N–H and O–H groups in total. The van der Waals surface area contributed by atoms with E-state index in [1.807, 2.05) is 0 Å². The average Bonchev–Trinajstić information content (AvgIpc) is 2.88. The zero-order valence-electron chi connectivity index (χ0n) is 9.82. The van der Waals surface area contributed by atoms with Crippen LogP contribution in [0.15, 0.2) is 49.5 Å². The summed E-state index contributed by atoms with van der Waals surface area (Å²) in [7, 11) is -4.10. The maximum atomic E-state index is 13.5. The van der Waals surface area contributed by atoms with Crippen molar-refractivity contribution >= 4 is 41.7 Å². The Hall–Kier alpha value is -1.83. The number of nitrogens with one attached hydrogen (secondary N) is 1. The van der Waals surface area contributed by atoms with E-state index in [1.54, 1.807) is 18.2 Å². The Bertz CT molecular complexity index is 862. The Morgan fingerprint density at radius 2 is 2.00 bits per heavy atom. The van der Waals surface area contributed by atoms with Gasteiger partial charge in [0.15, 0.2) is 0 Å². The normalized spacial score (nSPS) is 12.8. The molecule has 1 aliphatic rings. The van der Waals surface area contributed by atoms with E-state index >= 15 is 0 Å². The summed E-state index contributed by atoms with van der Waals surface area (Å²) in [6, 6.07) is 7.32. The Labute approximate surface area is 119 Å². The summed E-state index contributed by atoms with van der Waals surface area (Å²) >= 11 is -0.278. The summed E-state index contributed by atoms with van der Waals surface area (Å²) in [5, 5.41) is -0.641. The fourth-order valence-electron chi connectivity index (χ4n) is 1.65. The molecular formula is C11H7FN4O2SSe. The SMILES string of the molecule is O=S(=O)(Nc1cccc2c1N=[Se]=N2)c1ncccc1F. The van der Waals surface area contributed by atoms with Crippen LogP contribution in [0.1, 0.15) is 0 Å². The fraction of sp³-hybridized carbons (Fsp3) is 0. The third-order valence-corrected chi connectivity index (χ3v) is 4.95. The molecule has 0 unspecified atom stereocenters. The number of pyridine rings is 1. The minimum atomic E-state index is -4.10. The molecule has 1 aliphatic heterocycles. The molecule has 1 aromatic heterocycles. The van der Waals surface area contributed by atoms with Gasteiger partial charge in [0.1, 0.15) is 0 Å². The van der Waals surface area contributed by atoms with Crippen molar-refractivity contribution in [2.45, 2.75) is 5.03 Å². The second-order valence-electron chi connectivity index (χ2n) is 3.83. The molecule has 3 rings (SSSR count). The molecule has 0 saturated heterocycles. The van der Waals surface area contributed by atoms with E-state index in [-0.39, 0.29) is 20.3 Å². The zero-order valence-corrected chi connectivity index (χ0v) is 12.3. The van der Waals surface area contributed by atoms with Gasteiger partial charge in [-0.2, -0.15) is 0 Å². The number of rotatable bonds is 3. The molecule has 0 amide bonds. The van der Waals surface area contributed by atoms with Crippen LogP contribution in [0.4, 0.5) is 21.5 Å².